The Kier molecular flexibility index (Phi) is 34.4. The summed E-state index contributed by atoms with van der Waals surface area (Å²) in [6.45, 7) is 4.29. The Morgan fingerprint density at radius 1 is 0.535 bits per heavy atom. The molecular weight excluding hydrogens is 530 g/mol. The normalized spacial score (nSPS) is 13.3. The molecule has 0 radical (unpaired) electrons. The molecule has 2 unspecified atom stereocenters. The highest BCUT2D eigenvalue weighted by Crippen LogP contribution is 2.14. The fraction of sp³-hybridized carbons (Fsp3) is 0.872. The smallest absolute Gasteiger partial charge is 0.220 e. The Morgan fingerprint density at radius 3 is 1.28 bits per heavy atom. The van der Waals surface area contributed by atoms with Crippen molar-refractivity contribution in [1.29, 1.82) is 0 Å². The highest BCUT2D eigenvalue weighted by atomic mass is 16.3. The van der Waals surface area contributed by atoms with E-state index in [1.807, 2.05) is 6.08 Å². The molecule has 0 aliphatic rings. The standard InChI is InChI=1S/C39H75NO3/c1-3-5-7-9-11-13-15-17-19-20-21-22-24-26-28-30-32-34-38(42)37(36-41)40-39(43)35-33-31-29-27-25-23-18-16-14-12-10-8-6-4-2/h16,18,32,34,37-38,41-42H,3-15,17,19-31,33,35-36H2,1-2H3,(H,40,43)/b18-16-,34-32+. The van der Waals surface area contributed by atoms with Crippen molar-refractivity contribution < 1.29 is 15.0 Å². The first-order valence-electron chi connectivity index (χ1n) is 19.1. The van der Waals surface area contributed by atoms with E-state index in [9.17, 15) is 15.0 Å². The molecule has 0 aliphatic carbocycles. The molecule has 4 heteroatoms. The third-order valence-electron chi connectivity index (χ3n) is 8.68. The zero-order valence-electron chi connectivity index (χ0n) is 29.0. The molecule has 0 aromatic rings. The number of carbonyl (C=O) groups is 1. The van der Waals surface area contributed by atoms with Crippen LogP contribution < -0.4 is 5.32 Å². The van der Waals surface area contributed by atoms with Crippen LogP contribution in [0.15, 0.2) is 24.3 Å². The molecular formula is C39H75NO3. The average Bonchev–Trinajstić information content (AvgIpc) is 3.01. The summed E-state index contributed by atoms with van der Waals surface area (Å²) < 4.78 is 0. The van der Waals surface area contributed by atoms with Crippen molar-refractivity contribution in [3.05, 3.63) is 24.3 Å². The number of hydrogen-bond donors (Lipinski definition) is 3. The Balaban J connectivity index is 3.62. The van der Waals surface area contributed by atoms with Crippen molar-refractivity contribution in [2.75, 3.05) is 6.61 Å². The SMILES string of the molecule is CCCCCCC/C=C\CCCCCCCC(=O)NC(CO)C(O)/C=C/CCCCCCCCCCCCCCCCC. The number of aliphatic hydroxyl groups excluding tert-OH is 2. The van der Waals surface area contributed by atoms with E-state index in [1.165, 1.54) is 148 Å². The summed E-state index contributed by atoms with van der Waals surface area (Å²) in [5.41, 5.74) is 0. The van der Waals surface area contributed by atoms with E-state index in [-0.39, 0.29) is 12.5 Å². The van der Waals surface area contributed by atoms with Gasteiger partial charge in [-0.25, -0.2) is 0 Å². The average molecular weight is 606 g/mol. The number of hydrogen-bond acceptors (Lipinski definition) is 3. The number of carbonyl (C=O) groups excluding carboxylic acids is 1. The highest BCUT2D eigenvalue weighted by molar-refractivity contribution is 5.76. The summed E-state index contributed by atoms with van der Waals surface area (Å²) in [4.78, 5) is 12.3. The summed E-state index contributed by atoms with van der Waals surface area (Å²) >= 11 is 0. The van der Waals surface area contributed by atoms with Crippen LogP contribution in [0.25, 0.3) is 0 Å². The largest absolute Gasteiger partial charge is 0.394 e. The van der Waals surface area contributed by atoms with Crippen LogP contribution in [0, 0.1) is 0 Å². The maximum absolute atomic E-state index is 12.3. The Hall–Kier alpha value is -1.13. The molecule has 3 N–H and O–H groups in total. The van der Waals surface area contributed by atoms with E-state index < -0.39 is 12.1 Å². The quantitative estimate of drug-likeness (QED) is 0.0505. The zero-order chi connectivity index (χ0) is 31.5. The molecule has 0 rings (SSSR count). The molecule has 0 saturated carbocycles. The second-order valence-corrected chi connectivity index (χ2v) is 13.0. The molecule has 254 valence electrons. The predicted molar refractivity (Wildman–Crippen MR) is 189 cm³/mol. The van der Waals surface area contributed by atoms with Crippen LogP contribution in [0.1, 0.15) is 200 Å². The molecule has 0 aliphatic heterocycles. The number of unbranched alkanes of at least 4 members (excludes halogenated alkanes) is 25. The third kappa shape index (κ3) is 32.1. The lowest BCUT2D eigenvalue weighted by molar-refractivity contribution is -0.123. The highest BCUT2D eigenvalue weighted by Gasteiger charge is 2.17. The van der Waals surface area contributed by atoms with Gasteiger partial charge in [0.15, 0.2) is 0 Å². The van der Waals surface area contributed by atoms with Crippen molar-refractivity contribution in [2.24, 2.45) is 0 Å². The summed E-state index contributed by atoms with van der Waals surface area (Å²) in [7, 11) is 0. The monoisotopic (exact) mass is 606 g/mol. The minimum atomic E-state index is -0.838. The number of rotatable bonds is 34. The summed E-state index contributed by atoms with van der Waals surface area (Å²) in [5, 5.41) is 22.9. The van der Waals surface area contributed by atoms with Crippen molar-refractivity contribution >= 4 is 5.91 Å². The molecule has 0 aromatic carbocycles. The predicted octanol–water partition coefficient (Wildman–Crippen LogP) is 11.3. The molecule has 1 amide bonds. The molecule has 0 heterocycles. The summed E-state index contributed by atoms with van der Waals surface area (Å²) in [6, 6.07) is -0.622. The van der Waals surface area contributed by atoms with Crippen molar-refractivity contribution in [3.63, 3.8) is 0 Å². The van der Waals surface area contributed by atoms with Gasteiger partial charge in [0, 0.05) is 6.42 Å². The zero-order valence-corrected chi connectivity index (χ0v) is 29.0. The van der Waals surface area contributed by atoms with Gasteiger partial charge < -0.3 is 15.5 Å². The van der Waals surface area contributed by atoms with Crippen LogP contribution in [-0.2, 0) is 4.79 Å². The lowest BCUT2D eigenvalue weighted by atomic mass is 10.0. The summed E-state index contributed by atoms with van der Waals surface area (Å²) in [6.07, 6.45) is 44.0. The van der Waals surface area contributed by atoms with Crippen LogP contribution in [0.2, 0.25) is 0 Å². The summed E-state index contributed by atoms with van der Waals surface area (Å²) in [5.74, 6) is -0.0734. The second kappa shape index (κ2) is 35.4. The van der Waals surface area contributed by atoms with Gasteiger partial charge in [0.25, 0.3) is 0 Å². The van der Waals surface area contributed by atoms with E-state index in [1.54, 1.807) is 6.08 Å². The maximum atomic E-state index is 12.3. The van der Waals surface area contributed by atoms with Gasteiger partial charge in [0.1, 0.15) is 0 Å². The Labute approximate surface area is 269 Å². The van der Waals surface area contributed by atoms with E-state index in [0.717, 1.165) is 32.1 Å². The first-order chi connectivity index (χ1) is 21.2. The molecule has 0 saturated heterocycles. The second-order valence-electron chi connectivity index (χ2n) is 13.0. The third-order valence-corrected chi connectivity index (χ3v) is 8.68. The van der Waals surface area contributed by atoms with Gasteiger partial charge in [-0.05, 0) is 44.9 Å². The fourth-order valence-electron chi connectivity index (χ4n) is 5.70. The Bertz CT molecular complexity index is 618. The van der Waals surface area contributed by atoms with Gasteiger partial charge in [-0.3, -0.25) is 4.79 Å². The molecule has 4 nitrogen and oxygen atoms in total. The van der Waals surface area contributed by atoms with E-state index >= 15 is 0 Å². The molecule has 0 bridgehead atoms. The molecule has 0 aromatic heterocycles. The van der Waals surface area contributed by atoms with Crippen LogP contribution in [0.4, 0.5) is 0 Å². The maximum Gasteiger partial charge on any atom is 0.220 e. The fourth-order valence-corrected chi connectivity index (χ4v) is 5.70. The van der Waals surface area contributed by atoms with Crippen molar-refractivity contribution in [3.8, 4) is 0 Å². The van der Waals surface area contributed by atoms with Gasteiger partial charge >= 0.3 is 0 Å². The minimum Gasteiger partial charge on any atom is -0.394 e. The lowest BCUT2D eigenvalue weighted by Crippen LogP contribution is -2.45. The molecule has 2 atom stereocenters. The van der Waals surface area contributed by atoms with Crippen LogP contribution in [-0.4, -0.2) is 34.9 Å². The van der Waals surface area contributed by atoms with Gasteiger partial charge in [-0.15, -0.1) is 0 Å². The van der Waals surface area contributed by atoms with E-state index in [0.29, 0.717) is 6.42 Å². The van der Waals surface area contributed by atoms with E-state index in [4.69, 9.17) is 0 Å². The molecule has 0 spiro atoms. The number of nitrogens with one attached hydrogen (secondary N) is 1. The molecule has 0 fully saturated rings. The van der Waals surface area contributed by atoms with Crippen LogP contribution in [0.5, 0.6) is 0 Å². The van der Waals surface area contributed by atoms with Crippen molar-refractivity contribution in [1.82, 2.24) is 5.32 Å². The number of allylic oxidation sites excluding steroid dienone is 3. The lowest BCUT2D eigenvalue weighted by Gasteiger charge is -2.20. The van der Waals surface area contributed by atoms with Crippen molar-refractivity contribution in [2.45, 2.75) is 212 Å². The van der Waals surface area contributed by atoms with Gasteiger partial charge in [-0.1, -0.05) is 173 Å². The van der Waals surface area contributed by atoms with Crippen LogP contribution >= 0.6 is 0 Å². The number of aliphatic hydroxyl groups is 2. The first kappa shape index (κ1) is 41.9. The van der Waals surface area contributed by atoms with Gasteiger partial charge in [0.2, 0.25) is 5.91 Å². The van der Waals surface area contributed by atoms with Crippen LogP contribution in [0.3, 0.4) is 0 Å². The topological polar surface area (TPSA) is 69.6 Å². The Morgan fingerprint density at radius 2 is 0.884 bits per heavy atom. The first-order valence-corrected chi connectivity index (χ1v) is 19.1. The minimum absolute atomic E-state index is 0.0734. The van der Waals surface area contributed by atoms with E-state index in [2.05, 4.69) is 31.3 Å². The molecule has 43 heavy (non-hydrogen) atoms. The van der Waals surface area contributed by atoms with Gasteiger partial charge in [0.05, 0.1) is 18.8 Å². The van der Waals surface area contributed by atoms with Gasteiger partial charge in [-0.2, -0.15) is 0 Å². The number of amides is 1.